The van der Waals surface area contributed by atoms with Crippen LogP contribution in [0.4, 0.5) is 0 Å². The predicted molar refractivity (Wildman–Crippen MR) is 80.5 cm³/mol. The quantitative estimate of drug-likeness (QED) is 0.843. The monoisotopic (exact) mass is 279 g/mol. The third-order valence-electron chi connectivity index (χ3n) is 5.62. The lowest BCUT2D eigenvalue weighted by Crippen LogP contribution is -2.46. The van der Waals surface area contributed by atoms with Gasteiger partial charge in [0.2, 0.25) is 5.91 Å². The van der Waals surface area contributed by atoms with Crippen molar-refractivity contribution in [2.45, 2.75) is 51.6 Å². The minimum atomic E-state index is 0.0455. The van der Waals surface area contributed by atoms with Gasteiger partial charge in [0, 0.05) is 32.2 Å². The van der Waals surface area contributed by atoms with Gasteiger partial charge in [-0.25, -0.2) is 0 Å². The Labute approximate surface area is 122 Å². The maximum Gasteiger partial charge on any atom is 0.237 e. The molecule has 114 valence electrons. The first-order valence-corrected chi connectivity index (χ1v) is 8.46. The molecule has 0 radical (unpaired) electrons. The topological polar surface area (TPSA) is 35.6 Å². The van der Waals surface area contributed by atoms with Crippen molar-refractivity contribution >= 4 is 5.91 Å². The molecular weight excluding hydrogens is 250 g/mol. The van der Waals surface area contributed by atoms with Gasteiger partial charge in [-0.3, -0.25) is 14.6 Å². The molecule has 20 heavy (non-hydrogen) atoms. The number of likely N-dealkylation sites (tertiary alicyclic amines) is 1. The van der Waals surface area contributed by atoms with Crippen LogP contribution in [0.3, 0.4) is 0 Å². The number of nitrogens with one attached hydrogen (secondary N) is 1. The second-order valence-corrected chi connectivity index (χ2v) is 6.90. The van der Waals surface area contributed by atoms with Crippen LogP contribution >= 0.6 is 0 Å². The lowest BCUT2D eigenvalue weighted by atomic mass is 9.90. The average Bonchev–Trinajstić information content (AvgIpc) is 3.01. The van der Waals surface area contributed by atoms with Gasteiger partial charge >= 0.3 is 0 Å². The van der Waals surface area contributed by atoms with E-state index in [9.17, 15) is 4.79 Å². The number of rotatable bonds is 4. The maximum atomic E-state index is 12.1. The fourth-order valence-corrected chi connectivity index (χ4v) is 4.47. The van der Waals surface area contributed by atoms with E-state index in [-0.39, 0.29) is 11.9 Å². The van der Waals surface area contributed by atoms with Crippen molar-refractivity contribution in [3.8, 4) is 0 Å². The van der Waals surface area contributed by atoms with Gasteiger partial charge < -0.3 is 5.32 Å². The fourth-order valence-electron chi connectivity index (χ4n) is 4.47. The number of piperidine rings is 1. The van der Waals surface area contributed by atoms with Crippen LogP contribution in [-0.2, 0) is 4.79 Å². The van der Waals surface area contributed by atoms with E-state index in [1.165, 1.54) is 32.4 Å². The van der Waals surface area contributed by atoms with Gasteiger partial charge in [0.1, 0.15) is 0 Å². The Balaban J connectivity index is 1.56. The highest BCUT2D eigenvalue weighted by molar-refractivity contribution is 5.81. The summed E-state index contributed by atoms with van der Waals surface area (Å²) in [7, 11) is 0. The lowest BCUT2D eigenvalue weighted by Gasteiger charge is -2.34. The molecule has 0 spiro atoms. The highest BCUT2D eigenvalue weighted by Crippen LogP contribution is 2.40. The minimum Gasteiger partial charge on any atom is -0.355 e. The molecule has 1 amide bonds. The van der Waals surface area contributed by atoms with Crippen molar-refractivity contribution in [1.29, 1.82) is 0 Å². The van der Waals surface area contributed by atoms with Crippen LogP contribution in [0.25, 0.3) is 0 Å². The lowest BCUT2D eigenvalue weighted by molar-refractivity contribution is -0.125. The highest BCUT2D eigenvalue weighted by Gasteiger charge is 2.48. The van der Waals surface area contributed by atoms with E-state index < -0.39 is 0 Å². The van der Waals surface area contributed by atoms with Gasteiger partial charge in [-0.2, -0.15) is 0 Å². The smallest absolute Gasteiger partial charge is 0.237 e. The Morgan fingerprint density at radius 2 is 2.15 bits per heavy atom. The van der Waals surface area contributed by atoms with E-state index in [0.717, 1.165) is 43.9 Å². The van der Waals surface area contributed by atoms with Gasteiger partial charge in [0.15, 0.2) is 0 Å². The highest BCUT2D eigenvalue weighted by atomic mass is 16.2. The Kier molecular flexibility index (Phi) is 4.32. The van der Waals surface area contributed by atoms with Crippen LogP contribution in [0, 0.1) is 11.8 Å². The summed E-state index contributed by atoms with van der Waals surface area (Å²) in [6.45, 7) is 9.82. The third-order valence-corrected chi connectivity index (χ3v) is 5.62. The van der Waals surface area contributed by atoms with Crippen LogP contribution < -0.4 is 5.32 Å². The van der Waals surface area contributed by atoms with E-state index in [0.29, 0.717) is 0 Å². The summed E-state index contributed by atoms with van der Waals surface area (Å²) in [5, 5.41) is 3.04. The summed E-state index contributed by atoms with van der Waals surface area (Å²) in [6.07, 6.45) is 5.18. The second-order valence-electron chi connectivity index (χ2n) is 6.90. The van der Waals surface area contributed by atoms with Gasteiger partial charge in [0.05, 0.1) is 6.04 Å². The second kappa shape index (κ2) is 6.02. The normalized spacial score (nSPS) is 35.6. The van der Waals surface area contributed by atoms with E-state index in [1.807, 2.05) is 0 Å². The molecule has 3 aliphatic heterocycles. The molecular formula is C16H29N3O. The zero-order chi connectivity index (χ0) is 14.1. The molecule has 4 atom stereocenters. The Hall–Kier alpha value is -0.610. The molecule has 4 nitrogen and oxygen atoms in total. The summed E-state index contributed by atoms with van der Waals surface area (Å²) in [6, 6.07) is 0.855. The van der Waals surface area contributed by atoms with Crippen molar-refractivity contribution in [3.05, 3.63) is 0 Å². The fraction of sp³-hybridized carbons (Fsp3) is 0.938. The van der Waals surface area contributed by atoms with E-state index in [1.54, 1.807) is 0 Å². The molecule has 4 heteroatoms. The molecule has 0 unspecified atom stereocenters. The molecule has 0 aromatic carbocycles. The van der Waals surface area contributed by atoms with Crippen molar-refractivity contribution < 1.29 is 4.79 Å². The number of amides is 1. The summed E-state index contributed by atoms with van der Waals surface area (Å²) in [4.78, 5) is 17.3. The van der Waals surface area contributed by atoms with E-state index >= 15 is 0 Å². The van der Waals surface area contributed by atoms with Gasteiger partial charge in [-0.15, -0.1) is 0 Å². The Morgan fingerprint density at radius 3 is 2.95 bits per heavy atom. The predicted octanol–water partition coefficient (Wildman–Crippen LogP) is 1.32. The molecule has 1 N–H and O–H groups in total. The minimum absolute atomic E-state index is 0.0455. The van der Waals surface area contributed by atoms with Crippen molar-refractivity contribution in [2.75, 3.05) is 32.7 Å². The maximum absolute atomic E-state index is 12.1. The SMILES string of the molecule is CCCNC(=O)[C@H](C)N1C[C@@H]2CN3CCCC[C@H]3[C@@H]2C1. The number of nitrogens with zero attached hydrogens (tertiary/aromatic N) is 2. The Morgan fingerprint density at radius 1 is 1.30 bits per heavy atom. The van der Waals surface area contributed by atoms with Crippen LogP contribution in [0.5, 0.6) is 0 Å². The standard InChI is InChI=1S/C16H29N3O/c1-3-7-17-16(20)12(2)19-10-13-9-18-8-5-4-6-15(18)14(13)11-19/h12-15H,3-11H2,1-2H3,(H,17,20)/t12-,13-,14+,15-/m0/s1. The average molecular weight is 279 g/mol. The zero-order valence-electron chi connectivity index (χ0n) is 13.0. The van der Waals surface area contributed by atoms with Crippen molar-refractivity contribution in [3.63, 3.8) is 0 Å². The number of carbonyl (C=O) groups is 1. The molecule has 3 aliphatic rings. The van der Waals surface area contributed by atoms with Gasteiger partial charge in [-0.1, -0.05) is 13.3 Å². The number of carbonyl (C=O) groups excluding carboxylic acids is 1. The Bertz CT molecular complexity index is 360. The molecule has 3 heterocycles. The van der Waals surface area contributed by atoms with Crippen molar-refractivity contribution in [2.24, 2.45) is 11.8 Å². The first-order chi connectivity index (χ1) is 9.70. The number of hydrogen-bond donors (Lipinski definition) is 1. The summed E-state index contributed by atoms with van der Waals surface area (Å²) >= 11 is 0. The summed E-state index contributed by atoms with van der Waals surface area (Å²) < 4.78 is 0. The van der Waals surface area contributed by atoms with E-state index in [2.05, 4.69) is 29.0 Å². The van der Waals surface area contributed by atoms with Crippen molar-refractivity contribution in [1.82, 2.24) is 15.1 Å². The molecule has 3 fully saturated rings. The molecule has 3 rings (SSSR count). The number of hydrogen-bond acceptors (Lipinski definition) is 3. The molecule has 0 bridgehead atoms. The first kappa shape index (κ1) is 14.3. The molecule has 3 saturated heterocycles. The molecule has 0 aliphatic carbocycles. The molecule has 0 saturated carbocycles. The number of fused-ring (bicyclic) bond motifs is 3. The summed E-state index contributed by atoms with van der Waals surface area (Å²) in [5.74, 6) is 1.84. The van der Waals surface area contributed by atoms with Gasteiger partial charge in [-0.05, 0) is 44.6 Å². The van der Waals surface area contributed by atoms with E-state index in [4.69, 9.17) is 0 Å². The molecule has 0 aromatic rings. The third kappa shape index (κ3) is 2.60. The largest absolute Gasteiger partial charge is 0.355 e. The molecule has 0 aromatic heterocycles. The first-order valence-electron chi connectivity index (χ1n) is 8.46. The van der Waals surface area contributed by atoms with Gasteiger partial charge in [0.25, 0.3) is 0 Å². The van der Waals surface area contributed by atoms with Crippen LogP contribution in [-0.4, -0.2) is 60.5 Å². The van der Waals surface area contributed by atoms with Crippen LogP contribution in [0.1, 0.15) is 39.5 Å². The van der Waals surface area contributed by atoms with Crippen LogP contribution in [0.15, 0.2) is 0 Å². The zero-order valence-corrected chi connectivity index (χ0v) is 13.0. The summed E-state index contributed by atoms with van der Waals surface area (Å²) in [5.41, 5.74) is 0. The van der Waals surface area contributed by atoms with Crippen LogP contribution in [0.2, 0.25) is 0 Å².